The molecular formula is C20H16Br2. The first-order valence-corrected chi connectivity index (χ1v) is 9.46. The Hall–Kier alpha value is -1.38. The van der Waals surface area contributed by atoms with Crippen LogP contribution < -0.4 is 0 Å². The molecule has 0 heterocycles. The Labute approximate surface area is 148 Å². The zero-order valence-electron chi connectivity index (χ0n) is 12.1. The fourth-order valence-electron chi connectivity index (χ4n) is 2.69. The smallest absolute Gasteiger partial charge is 0.0289 e. The van der Waals surface area contributed by atoms with Crippen molar-refractivity contribution in [1.82, 2.24) is 0 Å². The molecule has 2 heteroatoms. The van der Waals surface area contributed by atoms with E-state index in [-0.39, 0.29) is 0 Å². The zero-order chi connectivity index (χ0) is 15.4. The van der Waals surface area contributed by atoms with Gasteiger partial charge in [-0.15, -0.1) is 0 Å². The van der Waals surface area contributed by atoms with E-state index >= 15 is 0 Å². The van der Waals surface area contributed by atoms with E-state index < -0.39 is 0 Å². The predicted octanol–water partition coefficient (Wildman–Crippen LogP) is 6.81. The SMILES string of the molecule is BrCc1ccccc1-c1cccc(-c2ccccc2CBr)c1. The Bertz CT molecular complexity index is 715. The first kappa shape index (κ1) is 15.5. The summed E-state index contributed by atoms with van der Waals surface area (Å²) in [5.74, 6) is 0. The molecule has 0 N–H and O–H groups in total. The number of rotatable bonds is 4. The highest BCUT2D eigenvalue weighted by atomic mass is 79.9. The van der Waals surface area contributed by atoms with Gasteiger partial charge in [0.05, 0.1) is 0 Å². The van der Waals surface area contributed by atoms with Crippen LogP contribution in [-0.4, -0.2) is 0 Å². The standard InChI is InChI=1S/C20H16Br2/c21-13-17-6-1-3-10-19(17)15-8-5-9-16(12-15)20-11-4-2-7-18(20)14-22/h1-12H,13-14H2. The van der Waals surface area contributed by atoms with Crippen LogP contribution in [0.1, 0.15) is 11.1 Å². The number of hydrogen-bond acceptors (Lipinski definition) is 0. The Morgan fingerprint density at radius 3 is 1.45 bits per heavy atom. The average molecular weight is 416 g/mol. The summed E-state index contributed by atoms with van der Waals surface area (Å²) in [6, 6.07) is 25.9. The van der Waals surface area contributed by atoms with Crippen molar-refractivity contribution in [3.05, 3.63) is 83.9 Å². The highest BCUT2D eigenvalue weighted by Gasteiger charge is 2.07. The van der Waals surface area contributed by atoms with Gasteiger partial charge in [-0.25, -0.2) is 0 Å². The van der Waals surface area contributed by atoms with Gasteiger partial charge in [0.2, 0.25) is 0 Å². The Kier molecular flexibility index (Phi) is 5.12. The third-order valence-corrected chi connectivity index (χ3v) is 5.02. The van der Waals surface area contributed by atoms with Gasteiger partial charge in [-0.2, -0.15) is 0 Å². The minimum Gasteiger partial charge on any atom is -0.0876 e. The number of halogens is 2. The lowest BCUT2D eigenvalue weighted by Gasteiger charge is -2.11. The molecule has 3 aromatic carbocycles. The maximum absolute atomic E-state index is 3.59. The van der Waals surface area contributed by atoms with Crippen molar-refractivity contribution >= 4 is 31.9 Å². The lowest BCUT2D eigenvalue weighted by Crippen LogP contribution is -1.89. The molecule has 0 aliphatic rings. The molecule has 3 rings (SSSR count). The van der Waals surface area contributed by atoms with Crippen LogP contribution in [0, 0.1) is 0 Å². The average Bonchev–Trinajstić information content (AvgIpc) is 2.61. The maximum atomic E-state index is 3.59. The van der Waals surface area contributed by atoms with E-state index in [0.29, 0.717) is 0 Å². The summed E-state index contributed by atoms with van der Waals surface area (Å²) in [6.45, 7) is 0. The zero-order valence-corrected chi connectivity index (χ0v) is 15.3. The normalized spacial score (nSPS) is 10.6. The lowest BCUT2D eigenvalue weighted by atomic mass is 9.95. The maximum Gasteiger partial charge on any atom is 0.0289 e. The molecule has 0 bridgehead atoms. The topological polar surface area (TPSA) is 0 Å². The fourth-order valence-corrected chi connectivity index (χ4v) is 3.67. The second kappa shape index (κ2) is 7.26. The van der Waals surface area contributed by atoms with Crippen molar-refractivity contribution in [3.63, 3.8) is 0 Å². The van der Waals surface area contributed by atoms with Crippen LogP contribution in [0.15, 0.2) is 72.8 Å². The monoisotopic (exact) mass is 414 g/mol. The lowest BCUT2D eigenvalue weighted by molar-refractivity contribution is 1.41. The van der Waals surface area contributed by atoms with Gasteiger partial charge < -0.3 is 0 Å². The van der Waals surface area contributed by atoms with Gasteiger partial charge in [0.15, 0.2) is 0 Å². The second-order valence-electron chi connectivity index (χ2n) is 5.16. The van der Waals surface area contributed by atoms with Crippen LogP contribution in [0.5, 0.6) is 0 Å². The summed E-state index contributed by atoms with van der Waals surface area (Å²) in [5, 5.41) is 1.73. The molecule has 0 radical (unpaired) electrons. The van der Waals surface area contributed by atoms with Crippen molar-refractivity contribution in [1.29, 1.82) is 0 Å². The molecule has 0 saturated carbocycles. The van der Waals surface area contributed by atoms with E-state index in [4.69, 9.17) is 0 Å². The van der Waals surface area contributed by atoms with Crippen molar-refractivity contribution in [2.24, 2.45) is 0 Å². The van der Waals surface area contributed by atoms with Gasteiger partial charge in [-0.3, -0.25) is 0 Å². The highest BCUT2D eigenvalue weighted by Crippen LogP contribution is 2.31. The van der Waals surface area contributed by atoms with Crippen molar-refractivity contribution in [2.75, 3.05) is 0 Å². The van der Waals surface area contributed by atoms with Crippen LogP contribution >= 0.6 is 31.9 Å². The minimum atomic E-state index is 0.866. The first-order chi connectivity index (χ1) is 10.8. The summed E-state index contributed by atoms with van der Waals surface area (Å²) >= 11 is 7.17. The van der Waals surface area contributed by atoms with E-state index in [1.807, 2.05) is 0 Å². The van der Waals surface area contributed by atoms with E-state index in [1.165, 1.54) is 33.4 Å². The van der Waals surface area contributed by atoms with E-state index in [1.54, 1.807) is 0 Å². The number of benzene rings is 3. The fraction of sp³-hybridized carbons (Fsp3) is 0.100. The van der Waals surface area contributed by atoms with Crippen molar-refractivity contribution in [3.8, 4) is 22.3 Å². The van der Waals surface area contributed by atoms with Gasteiger partial charge >= 0.3 is 0 Å². The summed E-state index contributed by atoms with van der Waals surface area (Å²) in [5.41, 5.74) is 7.73. The van der Waals surface area contributed by atoms with Crippen LogP contribution in [0.25, 0.3) is 22.3 Å². The third kappa shape index (κ3) is 3.18. The largest absolute Gasteiger partial charge is 0.0876 e. The summed E-state index contributed by atoms with van der Waals surface area (Å²) in [6.07, 6.45) is 0. The van der Waals surface area contributed by atoms with Gasteiger partial charge in [-0.05, 0) is 39.4 Å². The van der Waals surface area contributed by atoms with Gasteiger partial charge in [0.1, 0.15) is 0 Å². The molecule has 0 aliphatic heterocycles. The summed E-state index contributed by atoms with van der Waals surface area (Å²) < 4.78 is 0. The Morgan fingerprint density at radius 2 is 1.00 bits per heavy atom. The third-order valence-electron chi connectivity index (χ3n) is 3.81. The number of alkyl halides is 2. The molecule has 0 nitrogen and oxygen atoms in total. The molecule has 3 aromatic rings. The Balaban J connectivity index is 2.10. The quantitative estimate of drug-likeness (QED) is 0.410. The molecule has 0 amide bonds. The predicted molar refractivity (Wildman–Crippen MR) is 103 cm³/mol. The number of hydrogen-bond donors (Lipinski definition) is 0. The molecule has 0 spiro atoms. The summed E-state index contributed by atoms with van der Waals surface area (Å²) in [7, 11) is 0. The highest BCUT2D eigenvalue weighted by molar-refractivity contribution is 9.08. The van der Waals surface area contributed by atoms with Gasteiger partial charge in [0, 0.05) is 10.7 Å². The van der Waals surface area contributed by atoms with Crippen LogP contribution in [0.2, 0.25) is 0 Å². The van der Waals surface area contributed by atoms with Crippen molar-refractivity contribution in [2.45, 2.75) is 10.7 Å². The summed E-state index contributed by atoms with van der Waals surface area (Å²) in [4.78, 5) is 0. The molecule has 0 fully saturated rings. The molecular weight excluding hydrogens is 400 g/mol. The van der Waals surface area contributed by atoms with Crippen LogP contribution in [0.3, 0.4) is 0 Å². The molecule has 110 valence electrons. The van der Waals surface area contributed by atoms with E-state index in [0.717, 1.165) is 10.7 Å². The molecule has 0 saturated heterocycles. The van der Waals surface area contributed by atoms with E-state index in [9.17, 15) is 0 Å². The van der Waals surface area contributed by atoms with Gasteiger partial charge in [-0.1, -0.05) is 98.6 Å². The van der Waals surface area contributed by atoms with Crippen LogP contribution in [-0.2, 0) is 10.7 Å². The first-order valence-electron chi connectivity index (χ1n) is 7.22. The van der Waals surface area contributed by atoms with Crippen LogP contribution in [0.4, 0.5) is 0 Å². The Morgan fingerprint density at radius 1 is 0.545 bits per heavy atom. The molecule has 0 aliphatic carbocycles. The minimum absolute atomic E-state index is 0.866. The van der Waals surface area contributed by atoms with Crippen molar-refractivity contribution < 1.29 is 0 Å². The molecule has 0 aromatic heterocycles. The van der Waals surface area contributed by atoms with E-state index in [2.05, 4.69) is 105 Å². The molecule has 0 atom stereocenters. The van der Waals surface area contributed by atoms with Gasteiger partial charge in [0.25, 0.3) is 0 Å². The second-order valence-corrected chi connectivity index (χ2v) is 6.28. The molecule has 22 heavy (non-hydrogen) atoms. The molecule has 0 unspecified atom stereocenters.